The third kappa shape index (κ3) is 2.69. The average molecular weight is 261 g/mol. The van der Waals surface area contributed by atoms with Crippen molar-refractivity contribution in [2.24, 2.45) is 5.92 Å². The predicted octanol–water partition coefficient (Wildman–Crippen LogP) is 2.02. The van der Waals surface area contributed by atoms with E-state index in [2.05, 4.69) is 35.3 Å². The van der Waals surface area contributed by atoms with Gasteiger partial charge in [-0.3, -0.25) is 0 Å². The van der Waals surface area contributed by atoms with Crippen LogP contribution in [0.4, 0.5) is 0 Å². The monoisotopic (exact) mass is 261 g/mol. The van der Waals surface area contributed by atoms with E-state index in [0.717, 1.165) is 23.6 Å². The Labute approximate surface area is 116 Å². The second-order valence-corrected chi connectivity index (χ2v) is 6.35. The van der Waals surface area contributed by atoms with Crippen molar-refractivity contribution in [3.05, 3.63) is 35.9 Å². The molecular formula is C16H25N2O+. The van der Waals surface area contributed by atoms with Crippen LogP contribution in [0.25, 0.3) is 0 Å². The largest absolute Gasteiger partial charge is 0.387 e. The first kappa shape index (κ1) is 13.1. The molecule has 1 unspecified atom stereocenters. The summed E-state index contributed by atoms with van der Waals surface area (Å²) in [6.07, 6.45) is 2.45. The van der Waals surface area contributed by atoms with Gasteiger partial charge in [0.1, 0.15) is 12.6 Å². The predicted molar refractivity (Wildman–Crippen MR) is 76.1 cm³/mol. The fraction of sp³-hybridized carbons (Fsp3) is 0.625. The minimum absolute atomic E-state index is 0.215. The second-order valence-electron chi connectivity index (χ2n) is 6.35. The van der Waals surface area contributed by atoms with Crippen LogP contribution in [0.5, 0.6) is 0 Å². The molecule has 3 heterocycles. The van der Waals surface area contributed by atoms with E-state index in [1.807, 2.05) is 6.92 Å². The maximum atomic E-state index is 9.86. The maximum absolute atomic E-state index is 9.86. The summed E-state index contributed by atoms with van der Waals surface area (Å²) in [5.41, 5.74) is 1.39. The second kappa shape index (κ2) is 5.23. The van der Waals surface area contributed by atoms with Crippen LogP contribution < -0.4 is 0 Å². The number of fused-ring (bicyclic) bond motifs is 3. The average Bonchev–Trinajstić information content (AvgIpc) is 2.41. The molecule has 3 fully saturated rings. The van der Waals surface area contributed by atoms with E-state index in [4.69, 9.17) is 0 Å². The molecule has 0 radical (unpaired) electrons. The summed E-state index contributed by atoms with van der Waals surface area (Å²) in [6.45, 7) is 7.43. The molecule has 3 aliphatic heterocycles. The SMILES string of the molecule is CC(O)C[N+]12CCC(CC1)CN2Cc1ccccc1. The lowest BCUT2D eigenvalue weighted by atomic mass is 9.91. The number of quaternary nitrogens is 1. The number of aliphatic hydroxyl groups excluding tert-OH is 1. The molecule has 104 valence electrons. The third-order valence-corrected chi connectivity index (χ3v) is 4.79. The summed E-state index contributed by atoms with van der Waals surface area (Å²) in [5, 5.41) is 12.5. The van der Waals surface area contributed by atoms with Gasteiger partial charge in [0.25, 0.3) is 0 Å². The van der Waals surface area contributed by atoms with Crippen molar-refractivity contribution >= 4 is 0 Å². The molecule has 4 rings (SSSR count). The van der Waals surface area contributed by atoms with Crippen molar-refractivity contribution in [1.29, 1.82) is 0 Å². The molecule has 3 saturated heterocycles. The van der Waals surface area contributed by atoms with Crippen LogP contribution in [-0.4, -0.2) is 47.0 Å². The van der Waals surface area contributed by atoms with Crippen LogP contribution in [0.15, 0.2) is 30.3 Å². The van der Waals surface area contributed by atoms with Crippen LogP contribution in [-0.2, 0) is 6.54 Å². The lowest BCUT2D eigenvalue weighted by Crippen LogP contribution is -2.70. The van der Waals surface area contributed by atoms with Crippen LogP contribution in [0, 0.1) is 5.92 Å². The zero-order chi connectivity index (χ0) is 13.3. The van der Waals surface area contributed by atoms with Crippen molar-refractivity contribution in [2.75, 3.05) is 26.2 Å². The van der Waals surface area contributed by atoms with E-state index in [-0.39, 0.29) is 6.10 Å². The smallest absolute Gasteiger partial charge is 0.122 e. The minimum atomic E-state index is -0.215. The van der Waals surface area contributed by atoms with Crippen LogP contribution in [0.1, 0.15) is 25.3 Å². The molecule has 0 spiro atoms. The molecule has 3 heteroatoms. The normalized spacial score (nSPS) is 32.4. The van der Waals surface area contributed by atoms with Gasteiger partial charge in [-0.15, -0.1) is 0 Å². The van der Waals surface area contributed by atoms with E-state index in [9.17, 15) is 5.11 Å². The Kier molecular flexibility index (Phi) is 3.61. The first-order valence-electron chi connectivity index (χ1n) is 7.51. The van der Waals surface area contributed by atoms with Crippen molar-refractivity contribution < 1.29 is 9.70 Å². The first-order valence-corrected chi connectivity index (χ1v) is 7.51. The number of rotatable bonds is 4. The standard InChI is InChI=1S/C16H25N2O/c1-14(19)13-18-9-7-16(8-10-18)12-17(18)11-15-5-3-2-4-6-15/h2-6,14,16,19H,7-13H2,1H3/q+1. The zero-order valence-corrected chi connectivity index (χ0v) is 11.8. The van der Waals surface area contributed by atoms with Gasteiger partial charge in [0.05, 0.1) is 26.2 Å². The number of hydrogen-bond acceptors (Lipinski definition) is 2. The highest BCUT2D eigenvalue weighted by Gasteiger charge is 2.46. The fourth-order valence-corrected chi connectivity index (χ4v) is 3.84. The molecule has 2 bridgehead atoms. The Hall–Kier alpha value is -0.900. The molecule has 1 aromatic rings. The molecule has 19 heavy (non-hydrogen) atoms. The molecular weight excluding hydrogens is 236 g/mol. The van der Waals surface area contributed by atoms with Crippen LogP contribution in [0.3, 0.4) is 0 Å². The number of aliphatic hydroxyl groups is 1. The first-order chi connectivity index (χ1) is 9.18. The van der Waals surface area contributed by atoms with Gasteiger partial charge in [-0.2, -0.15) is 5.01 Å². The van der Waals surface area contributed by atoms with E-state index >= 15 is 0 Å². The van der Waals surface area contributed by atoms with Gasteiger partial charge in [0.2, 0.25) is 0 Å². The van der Waals surface area contributed by atoms with Gasteiger partial charge in [-0.05, 0) is 18.4 Å². The Bertz CT molecular complexity index is 410. The summed E-state index contributed by atoms with van der Waals surface area (Å²) in [6, 6.07) is 10.7. The topological polar surface area (TPSA) is 23.5 Å². The number of piperidine rings is 1. The van der Waals surface area contributed by atoms with Crippen LogP contribution >= 0.6 is 0 Å². The Morgan fingerprint density at radius 1 is 1.26 bits per heavy atom. The summed E-state index contributed by atoms with van der Waals surface area (Å²) in [5.74, 6) is 0.873. The highest BCUT2D eigenvalue weighted by Crippen LogP contribution is 2.35. The van der Waals surface area contributed by atoms with Gasteiger partial charge in [-0.1, -0.05) is 30.3 Å². The lowest BCUT2D eigenvalue weighted by molar-refractivity contribution is -1.05. The summed E-state index contributed by atoms with van der Waals surface area (Å²) < 4.78 is 1.00. The van der Waals surface area contributed by atoms with E-state index in [0.29, 0.717) is 0 Å². The zero-order valence-electron chi connectivity index (χ0n) is 11.8. The molecule has 3 aliphatic rings. The van der Waals surface area contributed by atoms with E-state index in [1.165, 1.54) is 38.0 Å². The Morgan fingerprint density at radius 2 is 1.95 bits per heavy atom. The molecule has 0 amide bonds. The maximum Gasteiger partial charge on any atom is 0.122 e. The minimum Gasteiger partial charge on any atom is -0.387 e. The number of benzene rings is 1. The third-order valence-electron chi connectivity index (χ3n) is 4.79. The van der Waals surface area contributed by atoms with Gasteiger partial charge in [0.15, 0.2) is 0 Å². The van der Waals surface area contributed by atoms with Gasteiger partial charge < -0.3 is 5.11 Å². The number of hydrogen-bond donors (Lipinski definition) is 1. The molecule has 0 aromatic heterocycles. The van der Waals surface area contributed by atoms with Crippen molar-refractivity contribution in [3.8, 4) is 0 Å². The summed E-state index contributed by atoms with van der Waals surface area (Å²) in [7, 11) is 0. The lowest BCUT2D eigenvalue weighted by Gasteiger charge is -2.55. The summed E-state index contributed by atoms with van der Waals surface area (Å²) >= 11 is 0. The van der Waals surface area contributed by atoms with Crippen molar-refractivity contribution in [1.82, 2.24) is 5.01 Å². The van der Waals surface area contributed by atoms with E-state index < -0.39 is 0 Å². The Balaban J connectivity index is 1.78. The van der Waals surface area contributed by atoms with Crippen molar-refractivity contribution in [2.45, 2.75) is 32.4 Å². The summed E-state index contributed by atoms with van der Waals surface area (Å²) in [4.78, 5) is 0. The Morgan fingerprint density at radius 3 is 2.58 bits per heavy atom. The van der Waals surface area contributed by atoms with E-state index in [1.54, 1.807) is 0 Å². The van der Waals surface area contributed by atoms with Crippen LogP contribution in [0.2, 0.25) is 0 Å². The fourth-order valence-electron chi connectivity index (χ4n) is 3.84. The van der Waals surface area contributed by atoms with Gasteiger partial charge in [-0.25, -0.2) is 4.59 Å². The molecule has 0 saturated carbocycles. The highest BCUT2D eigenvalue weighted by atomic mass is 16.3. The van der Waals surface area contributed by atoms with Gasteiger partial charge in [0, 0.05) is 12.8 Å². The van der Waals surface area contributed by atoms with Crippen molar-refractivity contribution in [3.63, 3.8) is 0 Å². The quantitative estimate of drug-likeness (QED) is 0.838. The molecule has 0 aliphatic carbocycles. The molecule has 3 nitrogen and oxygen atoms in total. The molecule has 1 aromatic carbocycles. The van der Waals surface area contributed by atoms with Gasteiger partial charge >= 0.3 is 0 Å². The number of nitrogens with zero attached hydrogens (tertiary/aromatic N) is 2. The highest BCUT2D eigenvalue weighted by molar-refractivity contribution is 5.14. The molecule has 1 N–H and O–H groups in total. The molecule has 1 atom stereocenters.